The van der Waals surface area contributed by atoms with E-state index in [1.54, 1.807) is 36.1 Å². The molecule has 0 radical (unpaired) electrons. The molecule has 202 valence electrons. The topological polar surface area (TPSA) is 75.9 Å². The first-order valence-corrected chi connectivity index (χ1v) is 13.0. The number of carbonyl (C=O) groups is 1. The molecule has 7 nitrogen and oxygen atoms in total. The minimum absolute atomic E-state index is 0.0383. The Morgan fingerprint density at radius 3 is 2.59 bits per heavy atom. The molecule has 0 N–H and O–H groups in total. The van der Waals surface area contributed by atoms with Crippen LogP contribution in [0.1, 0.15) is 18.2 Å². The van der Waals surface area contributed by atoms with Crippen molar-refractivity contribution in [1.29, 1.82) is 0 Å². The summed E-state index contributed by atoms with van der Waals surface area (Å²) in [6.07, 6.45) is -1.68. The molecule has 0 atom stereocenters. The van der Waals surface area contributed by atoms with E-state index in [1.165, 1.54) is 36.4 Å². The summed E-state index contributed by atoms with van der Waals surface area (Å²) in [5.41, 5.74) is -0.821. The van der Waals surface area contributed by atoms with Gasteiger partial charge in [-0.25, -0.2) is 0 Å². The van der Waals surface area contributed by atoms with Crippen LogP contribution in [0, 0.1) is 0 Å². The molecule has 1 saturated heterocycles. The van der Waals surface area contributed by atoms with Crippen LogP contribution < -0.4 is 10.2 Å². The van der Waals surface area contributed by atoms with E-state index in [2.05, 4.69) is 9.88 Å². The van der Waals surface area contributed by atoms with Crippen LogP contribution in [-0.2, 0) is 17.5 Å². The zero-order valence-electron chi connectivity index (χ0n) is 20.9. The van der Waals surface area contributed by atoms with Crippen molar-refractivity contribution in [3.05, 3.63) is 88.6 Å². The molecule has 0 unspecified atom stereocenters. The third-order valence-electron chi connectivity index (χ3n) is 6.34. The van der Waals surface area contributed by atoms with Crippen molar-refractivity contribution in [1.82, 2.24) is 14.8 Å². The minimum atomic E-state index is -4.44. The fourth-order valence-electron chi connectivity index (χ4n) is 4.28. The summed E-state index contributed by atoms with van der Waals surface area (Å²) in [5, 5.41) is 0.598. The highest BCUT2D eigenvalue weighted by Gasteiger charge is 2.30. The monoisotopic (exact) mass is 555 g/mol. The maximum Gasteiger partial charge on any atom is 0.416 e. The predicted molar refractivity (Wildman–Crippen MR) is 140 cm³/mol. The van der Waals surface area contributed by atoms with E-state index in [9.17, 15) is 22.8 Å². The Morgan fingerprint density at radius 1 is 1.08 bits per heavy atom. The molecule has 1 fully saturated rings. The lowest BCUT2D eigenvalue weighted by atomic mass is 10.1. The summed E-state index contributed by atoms with van der Waals surface area (Å²) in [5.74, 6) is 1.01. The van der Waals surface area contributed by atoms with E-state index in [1.807, 2.05) is 6.07 Å². The summed E-state index contributed by atoms with van der Waals surface area (Å²) in [6, 6.07) is 13.7. The smallest absolute Gasteiger partial charge is 0.416 e. The van der Waals surface area contributed by atoms with Gasteiger partial charge in [0.25, 0.3) is 0 Å². The second kappa shape index (κ2) is 11.1. The van der Waals surface area contributed by atoms with Crippen molar-refractivity contribution >= 4 is 28.6 Å². The van der Waals surface area contributed by atoms with Crippen LogP contribution in [0.25, 0.3) is 10.9 Å². The zero-order valence-corrected chi connectivity index (χ0v) is 21.7. The highest BCUT2D eigenvalue weighted by molar-refractivity contribution is 7.99. The van der Waals surface area contributed by atoms with Crippen molar-refractivity contribution in [3.8, 4) is 11.5 Å². The standard InChI is InChI=1S/C28H24F3N3O4S/c1-18(35)34-11-9-33(10-12-34)16-21-15-25(36)26(17-37-21)38-20-3-2-4-22(14-20)39-27-7-8-32-24-13-19(28(29,30)31)5-6-23(24)27/h2-8,13-15,17H,9-12,16H2,1H3. The third kappa shape index (κ3) is 6.43. The van der Waals surface area contributed by atoms with E-state index in [0.717, 1.165) is 21.9 Å². The number of benzene rings is 2. The van der Waals surface area contributed by atoms with Gasteiger partial charge in [-0.15, -0.1) is 0 Å². The number of aromatic nitrogens is 1. The van der Waals surface area contributed by atoms with Crippen molar-refractivity contribution in [2.24, 2.45) is 0 Å². The highest BCUT2D eigenvalue weighted by atomic mass is 32.2. The minimum Gasteiger partial charge on any atom is -0.464 e. The molecular weight excluding hydrogens is 531 g/mol. The molecule has 1 amide bonds. The Bertz CT molecular complexity index is 1570. The lowest BCUT2D eigenvalue weighted by Gasteiger charge is -2.33. The molecular formula is C28H24F3N3O4S. The van der Waals surface area contributed by atoms with Gasteiger partial charge in [0.15, 0.2) is 0 Å². The van der Waals surface area contributed by atoms with Crippen LogP contribution in [0.4, 0.5) is 13.2 Å². The van der Waals surface area contributed by atoms with E-state index < -0.39 is 11.7 Å². The average Bonchev–Trinajstić information content (AvgIpc) is 2.90. The van der Waals surface area contributed by atoms with Crippen molar-refractivity contribution in [2.75, 3.05) is 26.2 Å². The largest absolute Gasteiger partial charge is 0.464 e. The summed E-state index contributed by atoms with van der Waals surface area (Å²) < 4.78 is 50.7. The van der Waals surface area contributed by atoms with Gasteiger partial charge in [-0.2, -0.15) is 13.2 Å². The molecule has 5 rings (SSSR count). The van der Waals surface area contributed by atoms with E-state index >= 15 is 0 Å². The maximum atomic E-state index is 13.1. The fraction of sp³-hybridized carbons (Fsp3) is 0.250. The molecule has 0 bridgehead atoms. The molecule has 3 heterocycles. The van der Waals surface area contributed by atoms with Gasteiger partial charge in [-0.3, -0.25) is 19.5 Å². The lowest BCUT2D eigenvalue weighted by Crippen LogP contribution is -2.47. The first-order valence-electron chi connectivity index (χ1n) is 12.2. The summed E-state index contributed by atoms with van der Waals surface area (Å²) in [7, 11) is 0. The number of rotatable bonds is 6. The van der Waals surface area contributed by atoms with Gasteiger partial charge in [0.2, 0.25) is 17.1 Å². The summed E-state index contributed by atoms with van der Waals surface area (Å²) in [4.78, 5) is 33.7. The third-order valence-corrected chi connectivity index (χ3v) is 7.41. The van der Waals surface area contributed by atoms with Gasteiger partial charge < -0.3 is 14.1 Å². The number of carbonyl (C=O) groups excluding carboxylic acids is 1. The van der Waals surface area contributed by atoms with Crippen molar-refractivity contribution in [3.63, 3.8) is 0 Å². The number of fused-ring (bicyclic) bond motifs is 1. The molecule has 1 aliphatic rings. The average molecular weight is 556 g/mol. The predicted octanol–water partition coefficient (Wildman–Crippen LogP) is 5.81. The van der Waals surface area contributed by atoms with Gasteiger partial charge in [0, 0.05) is 60.5 Å². The van der Waals surface area contributed by atoms with Crippen LogP contribution in [0.5, 0.6) is 11.5 Å². The van der Waals surface area contributed by atoms with E-state index in [0.29, 0.717) is 49.6 Å². The van der Waals surface area contributed by atoms with Gasteiger partial charge >= 0.3 is 6.18 Å². The highest BCUT2D eigenvalue weighted by Crippen LogP contribution is 2.37. The second-order valence-electron chi connectivity index (χ2n) is 9.07. The molecule has 2 aromatic heterocycles. The van der Waals surface area contributed by atoms with Crippen molar-refractivity contribution in [2.45, 2.75) is 29.4 Å². The number of alkyl halides is 3. The molecule has 4 aromatic rings. The molecule has 1 aliphatic heterocycles. The first-order chi connectivity index (χ1) is 18.7. The number of pyridine rings is 1. The SMILES string of the molecule is CC(=O)N1CCN(Cc2cc(=O)c(Oc3cccc(Sc4ccnc5cc(C(F)(F)F)ccc45)c3)co2)CC1. The Morgan fingerprint density at radius 2 is 1.87 bits per heavy atom. The molecule has 39 heavy (non-hydrogen) atoms. The summed E-state index contributed by atoms with van der Waals surface area (Å²) >= 11 is 1.35. The van der Waals surface area contributed by atoms with E-state index in [-0.39, 0.29) is 22.6 Å². The zero-order chi connectivity index (χ0) is 27.6. The first kappa shape index (κ1) is 26.8. The number of piperazine rings is 1. The van der Waals surface area contributed by atoms with E-state index in [4.69, 9.17) is 9.15 Å². The van der Waals surface area contributed by atoms with Crippen molar-refractivity contribution < 1.29 is 27.1 Å². The van der Waals surface area contributed by atoms with Gasteiger partial charge in [0.05, 0.1) is 17.6 Å². The number of hydrogen-bond donors (Lipinski definition) is 0. The van der Waals surface area contributed by atoms with Crippen LogP contribution in [0.3, 0.4) is 0 Å². The van der Waals surface area contributed by atoms with Crippen LogP contribution in [0.2, 0.25) is 0 Å². The normalized spacial score (nSPS) is 14.5. The van der Waals surface area contributed by atoms with Crippen LogP contribution in [-0.4, -0.2) is 46.9 Å². The van der Waals surface area contributed by atoms with Gasteiger partial charge in [0.1, 0.15) is 17.8 Å². The Kier molecular flexibility index (Phi) is 7.62. The number of hydrogen-bond acceptors (Lipinski definition) is 7. The molecule has 0 aliphatic carbocycles. The Labute approximate surface area is 226 Å². The maximum absolute atomic E-state index is 13.1. The van der Waals surface area contributed by atoms with Gasteiger partial charge in [-0.1, -0.05) is 23.9 Å². The van der Waals surface area contributed by atoms with Gasteiger partial charge in [-0.05, 0) is 36.4 Å². The molecule has 0 spiro atoms. The fourth-order valence-corrected chi connectivity index (χ4v) is 5.27. The Balaban J connectivity index is 1.27. The second-order valence-corrected chi connectivity index (χ2v) is 10.2. The molecule has 0 saturated carbocycles. The molecule has 2 aromatic carbocycles. The Hall–Kier alpha value is -3.83. The van der Waals surface area contributed by atoms with Crippen LogP contribution >= 0.6 is 11.8 Å². The number of halogens is 3. The molecule has 11 heteroatoms. The summed E-state index contributed by atoms with van der Waals surface area (Å²) in [6.45, 7) is 4.68. The number of ether oxygens (including phenoxy) is 1. The number of amides is 1. The lowest BCUT2D eigenvalue weighted by molar-refractivity contribution is -0.137. The quantitative estimate of drug-likeness (QED) is 0.297. The number of nitrogens with zero attached hydrogens (tertiary/aromatic N) is 3. The van der Waals surface area contributed by atoms with Crippen LogP contribution in [0.15, 0.2) is 86.1 Å².